The van der Waals surface area contributed by atoms with Crippen molar-refractivity contribution < 1.29 is 0 Å². The van der Waals surface area contributed by atoms with Crippen molar-refractivity contribution in [1.82, 2.24) is 15.5 Å². The third-order valence-corrected chi connectivity index (χ3v) is 3.39. The smallest absolute Gasteiger partial charge is 0.0544 e. The number of nitrogens with zero attached hydrogens (tertiary/aromatic N) is 2. The number of likely N-dealkylation sites (N-methyl/N-ethyl adjacent to an activating group) is 1. The highest BCUT2D eigenvalue weighted by Crippen LogP contribution is 2.20. The molecule has 0 aliphatic carbocycles. The Morgan fingerprint density at radius 2 is 2.00 bits per heavy atom. The van der Waals surface area contributed by atoms with Crippen molar-refractivity contribution >= 4 is 0 Å². The molecule has 0 saturated carbocycles. The molecule has 0 fully saturated rings. The van der Waals surface area contributed by atoms with Gasteiger partial charge in [0.2, 0.25) is 0 Å². The fourth-order valence-corrected chi connectivity index (χ4v) is 2.30. The van der Waals surface area contributed by atoms with Crippen molar-refractivity contribution in [3.63, 3.8) is 0 Å². The highest BCUT2D eigenvalue weighted by molar-refractivity contribution is 5.32. The summed E-state index contributed by atoms with van der Waals surface area (Å²) in [6.07, 6.45) is 4.58. The molecule has 100 valence electrons. The van der Waals surface area contributed by atoms with Crippen LogP contribution in [-0.4, -0.2) is 16.7 Å². The van der Waals surface area contributed by atoms with E-state index >= 15 is 0 Å². The van der Waals surface area contributed by atoms with Crippen molar-refractivity contribution in [3.05, 3.63) is 58.9 Å². The molecule has 2 rings (SSSR count). The van der Waals surface area contributed by atoms with Crippen LogP contribution in [0.15, 0.2) is 36.7 Å². The van der Waals surface area contributed by atoms with Crippen molar-refractivity contribution in [1.29, 1.82) is 0 Å². The average Bonchev–Trinajstić information content (AvgIpc) is 2.43. The molecular formula is C16H21N3. The first-order valence-corrected chi connectivity index (χ1v) is 6.76. The summed E-state index contributed by atoms with van der Waals surface area (Å²) in [6.45, 7) is 7.38. The van der Waals surface area contributed by atoms with Crippen LogP contribution in [0.3, 0.4) is 0 Å². The van der Waals surface area contributed by atoms with Crippen molar-refractivity contribution in [2.45, 2.75) is 33.2 Å². The monoisotopic (exact) mass is 255 g/mol. The van der Waals surface area contributed by atoms with E-state index in [2.05, 4.69) is 54.5 Å². The Hall–Kier alpha value is -1.74. The lowest BCUT2D eigenvalue weighted by atomic mass is 9.96. The number of aryl methyl sites for hydroxylation is 2. The number of benzene rings is 1. The van der Waals surface area contributed by atoms with Gasteiger partial charge in [0, 0.05) is 12.2 Å². The predicted octanol–water partition coefficient (Wildman–Crippen LogP) is 2.99. The van der Waals surface area contributed by atoms with E-state index in [4.69, 9.17) is 0 Å². The van der Waals surface area contributed by atoms with Crippen LogP contribution in [0.1, 0.15) is 35.2 Å². The van der Waals surface area contributed by atoms with Crippen LogP contribution >= 0.6 is 0 Å². The van der Waals surface area contributed by atoms with Gasteiger partial charge in [-0.1, -0.05) is 30.7 Å². The predicted molar refractivity (Wildman–Crippen MR) is 78.1 cm³/mol. The second-order valence-electron chi connectivity index (χ2n) is 4.92. The number of rotatable bonds is 5. The van der Waals surface area contributed by atoms with E-state index in [9.17, 15) is 0 Å². The molecule has 3 heteroatoms. The number of hydrogen-bond acceptors (Lipinski definition) is 3. The molecule has 0 aliphatic rings. The lowest BCUT2D eigenvalue weighted by molar-refractivity contribution is 0.545. The van der Waals surface area contributed by atoms with Gasteiger partial charge in [0.15, 0.2) is 0 Å². The van der Waals surface area contributed by atoms with E-state index in [-0.39, 0.29) is 0 Å². The summed E-state index contributed by atoms with van der Waals surface area (Å²) in [4.78, 5) is 0. The maximum absolute atomic E-state index is 3.98. The maximum atomic E-state index is 3.98. The Labute approximate surface area is 115 Å². The van der Waals surface area contributed by atoms with E-state index in [0.717, 1.165) is 13.0 Å². The van der Waals surface area contributed by atoms with Crippen molar-refractivity contribution in [3.8, 4) is 0 Å². The highest BCUT2D eigenvalue weighted by Gasteiger charge is 2.12. The number of aromatic nitrogens is 2. The van der Waals surface area contributed by atoms with Crippen LogP contribution in [-0.2, 0) is 6.42 Å². The van der Waals surface area contributed by atoms with Gasteiger partial charge in [-0.05, 0) is 49.6 Å². The van der Waals surface area contributed by atoms with Gasteiger partial charge in [-0.3, -0.25) is 0 Å². The zero-order valence-electron chi connectivity index (χ0n) is 11.9. The SMILES string of the molecule is CCNC(Cc1cc(C)ccc1C)c1ccnnc1. The van der Waals surface area contributed by atoms with Gasteiger partial charge in [0.25, 0.3) is 0 Å². The van der Waals surface area contributed by atoms with Crippen LogP contribution < -0.4 is 5.32 Å². The first-order chi connectivity index (χ1) is 9.20. The van der Waals surface area contributed by atoms with Gasteiger partial charge in [-0.15, -0.1) is 0 Å². The maximum Gasteiger partial charge on any atom is 0.0544 e. The van der Waals surface area contributed by atoms with Crippen LogP contribution in [0.4, 0.5) is 0 Å². The number of nitrogens with one attached hydrogen (secondary N) is 1. The molecule has 3 nitrogen and oxygen atoms in total. The zero-order valence-corrected chi connectivity index (χ0v) is 11.9. The molecule has 0 aliphatic heterocycles. The summed E-state index contributed by atoms with van der Waals surface area (Å²) in [5.41, 5.74) is 5.24. The highest BCUT2D eigenvalue weighted by atomic mass is 15.1. The van der Waals surface area contributed by atoms with Gasteiger partial charge in [-0.2, -0.15) is 10.2 Å². The van der Waals surface area contributed by atoms with Gasteiger partial charge in [0.05, 0.1) is 6.20 Å². The summed E-state index contributed by atoms with van der Waals surface area (Å²) in [7, 11) is 0. The molecule has 0 amide bonds. The largest absolute Gasteiger partial charge is 0.310 e. The fraction of sp³-hybridized carbons (Fsp3) is 0.375. The minimum Gasteiger partial charge on any atom is -0.310 e. The van der Waals surface area contributed by atoms with Gasteiger partial charge < -0.3 is 5.32 Å². The third kappa shape index (κ3) is 3.61. The first-order valence-electron chi connectivity index (χ1n) is 6.76. The lowest BCUT2D eigenvalue weighted by Gasteiger charge is -2.19. The van der Waals surface area contributed by atoms with E-state index in [1.807, 2.05) is 12.3 Å². The van der Waals surface area contributed by atoms with E-state index in [0.29, 0.717) is 6.04 Å². The van der Waals surface area contributed by atoms with Crippen LogP contribution in [0.5, 0.6) is 0 Å². The Balaban J connectivity index is 2.24. The summed E-state index contributed by atoms with van der Waals surface area (Å²) >= 11 is 0. The molecule has 1 atom stereocenters. The Kier molecular flexibility index (Phi) is 4.63. The average molecular weight is 255 g/mol. The molecule has 1 unspecified atom stereocenters. The fourth-order valence-electron chi connectivity index (χ4n) is 2.30. The normalized spacial score (nSPS) is 12.4. The molecule has 0 bridgehead atoms. The van der Waals surface area contributed by atoms with E-state index in [1.54, 1.807) is 6.20 Å². The van der Waals surface area contributed by atoms with Crippen LogP contribution in [0.2, 0.25) is 0 Å². The molecule has 1 aromatic carbocycles. The standard InChI is InChI=1S/C16H21N3/c1-4-17-16(14-7-8-18-19-11-14)10-15-9-12(2)5-6-13(15)3/h5-9,11,16-17H,4,10H2,1-3H3. The summed E-state index contributed by atoms with van der Waals surface area (Å²) < 4.78 is 0. The van der Waals surface area contributed by atoms with Gasteiger partial charge >= 0.3 is 0 Å². The molecule has 1 heterocycles. The zero-order chi connectivity index (χ0) is 13.7. The second kappa shape index (κ2) is 6.43. The van der Waals surface area contributed by atoms with Crippen LogP contribution in [0, 0.1) is 13.8 Å². The molecule has 1 N–H and O–H groups in total. The lowest BCUT2D eigenvalue weighted by Crippen LogP contribution is -2.23. The molecule has 0 radical (unpaired) electrons. The number of hydrogen-bond donors (Lipinski definition) is 1. The molecule has 0 saturated heterocycles. The topological polar surface area (TPSA) is 37.8 Å². The third-order valence-electron chi connectivity index (χ3n) is 3.39. The Morgan fingerprint density at radius 3 is 2.68 bits per heavy atom. The summed E-state index contributed by atoms with van der Waals surface area (Å²) in [6, 6.07) is 8.95. The minimum absolute atomic E-state index is 0.293. The van der Waals surface area contributed by atoms with E-state index in [1.165, 1.54) is 22.3 Å². The van der Waals surface area contributed by atoms with Crippen molar-refractivity contribution in [2.75, 3.05) is 6.54 Å². The van der Waals surface area contributed by atoms with Gasteiger partial charge in [0.1, 0.15) is 0 Å². The first kappa shape index (κ1) is 13.7. The molecule has 1 aromatic heterocycles. The molecule has 2 aromatic rings. The minimum atomic E-state index is 0.293. The van der Waals surface area contributed by atoms with Crippen molar-refractivity contribution in [2.24, 2.45) is 0 Å². The second-order valence-corrected chi connectivity index (χ2v) is 4.92. The Morgan fingerprint density at radius 1 is 1.16 bits per heavy atom. The summed E-state index contributed by atoms with van der Waals surface area (Å²) in [5, 5.41) is 11.4. The quantitative estimate of drug-likeness (QED) is 0.892. The van der Waals surface area contributed by atoms with E-state index < -0.39 is 0 Å². The molecular weight excluding hydrogens is 234 g/mol. The molecule has 0 spiro atoms. The summed E-state index contributed by atoms with van der Waals surface area (Å²) in [5.74, 6) is 0. The molecule has 19 heavy (non-hydrogen) atoms. The van der Waals surface area contributed by atoms with Crippen LogP contribution in [0.25, 0.3) is 0 Å². The van der Waals surface area contributed by atoms with Gasteiger partial charge in [-0.25, -0.2) is 0 Å². The Bertz CT molecular complexity index is 523.